The Morgan fingerprint density at radius 2 is 1.24 bits per heavy atom. The third-order valence-corrected chi connectivity index (χ3v) is 16.3. The number of ether oxygens (including phenoxy) is 1. The molecule has 0 aromatic rings. The summed E-state index contributed by atoms with van der Waals surface area (Å²) in [5.41, 5.74) is -0.630. The molecule has 7 nitrogen and oxygen atoms in total. The van der Waals surface area contributed by atoms with E-state index in [2.05, 4.69) is 73.0 Å². The number of carbonyl (C=O) groups excluding carboxylic acids is 1. The second-order valence-electron chi connectivity index (χ2n) is 13.6. The van der Waals surface area contributed by atoms with Crippen LogP contribution in [0.25, 0.3) is 0 Å². The van der Waals surface area contributed by atoms with Crippen LogP contribution < -0.4 is 5.32 Å². The molecule has 0 fully saturated rings. The summed E-state index contributed by atoms with van der Waals surface area (Å²) in [6.45, 7) is 30.4. The highest BCUT2D eigenvalue weighted by atomic mass is 28.4. The molecule has 2 N–H and O–H groups in total. The standard InChI is InChI=1S/C25H53NO6Si2/c1-17(26-22(29)30-23(3,4)5)20(32-34(14,15)25(9,10)11)16-19(21(27)28)18(2)31-33(12,13)24(6,7)8/h17-20H,16H2,1-15H3,(H,26,29)(H,27,28)/t17-,18+,19+,20+/m0/s1. The Hall–Kier alpha value is -0.906. The summed E-state index contributed by atoms with van der Waals surface area (Å²) in [6.07, 6.45) is -1.30. The highest BCUT2D eigenvalue weighted by Crippen LogP contribution is 2.40. The summed E-state index contributed by atoms with van der Waals surface area (Å²) < 4.78 is 18.6. The van der Waals surface area contributed by atoms with Crippen molar-refractivity contribution < 1.29 is 28.3 Å². The van der Waals surface area contributed by atoms with Gasteiger partial charge in [0, 0.05) is 0 Å². The zero-order chi connectivity index (χ0) is 27.5. The lowest BCUT2D eigenvalue weighted by Crippen LogP contribution is -2.53. The molecule has 0 aliphatic heterocycles. The Morgan fingerprint density at radius 1 is 0.824 bits per heavy atom. The van der Waals surface area contributed by atoms with Gasteiger partial charge in [0.05, 0.1) is 24.2 Å². The van der Waals surface area contributed by atoms with E-state index in [-0.39, 0.29) is 16.5 Å². The maximum atomic E-state index is 12.5. The molecule has 0 radical (unpaired) electrons. The van der Waals surface area contributed by atoms with Gasteiger partial charge in [-0.3, -0.25) is 4.79 Å². The third kappa shape index (κ3) is 10.4. The SMILES string of the molecule is C[C@H](NC(=O)OC(C)(C)C)[C@@H](C[C@@H](C(=O)O)[C@@H](C)O[Si](C)(C)C(C)(C)C)O[Si](C)(C)C(C)(C)C. The topological polar surface area (TPSA) is 94.1 Å². The van der Waals surface area contributed by atoms with E-state index in [1.165, 1.54) is 0 Å². The number of hydrogen-bond donors (Lipinski definition) is 2. The Morgan fingerprint density at radius 3 is 1.59 bits per heavy atom. The minimum absolute atomic E-state index is 0.0348. The lowest BCUT2D eigenvalue weighted by atomic mass is 9.94. The molecule has 0 aromatic carbocycles. The molecule has 0 aliphatic carbocycles. The minimum atomic E-state index is -2.26. The van der Waals surface area contributed by atoms with Crippen LogP contribution in [0.2, 0.25) is 36.3 Å². The van der Waals surface area contributed by atoms with Crippen molar-refractivity contribution in [3.8, 4) is 0 Å². The van der Waals surface area contributed by atoms with Crippen molar-refractivity contribution in [3.63, 3.8) is 0 Å². The van der Waals surface area contributed by atoms with Crippen molar-refractivity contribution >= 4 is 28.7 Å². The van der Waals surface area contributed by atoms with Gasteiger partial charge in [-0.2, -0.15) is 0 Å². The van der Waals surface area contributed by atoms with Gasteiger partial charge >= 0.3 is 12.1 Å². The first-order valence-electron chi connectivity index (χ1n) is 12.4. The van der Waals surface area contributed by atoms with Crippen molar-refractivity contribution in [2.75, 3.05) is 0 Å². The first-order chi connectivity index (χ1) is 14.8. The molecule has 4 atom stereocenters. The summed E-state index contributed by atoms with van der Waals surface area (Å²) in [4.78, 5) is 24.9. The molecule has 0 aromatic heterocycles. The lowest BCUT2D eigenvalue weighted by Gasteiger charge is -2.43. The van der Waals surface area contributed by atoms with Crippen LogP contribution in [0.15, 0.2) is 0 Å². The van der Waals surface area contributed by atoms with Gasteiger partial charge in [0.1, 0.15) is 5.60 Å². The molecule has 0 spiro atoms. The number of amides is 1. The molecule has 0 saturated heterocycles. The number of alkyl carbamates (subject to hydrolysis) is 1. The number of rotatable bonds is 10. The maximum absolute atomic E-state index is 12.5. The largest absolute Gasteiger partial charge is 0.481 e. The van der Waals surface area contributed by atoms with Crippen LogP contribution in [-0.2, 0) is 18.4 Å². The summed E-state index contributed by atoms with van der Waals surface area (Å²) in [7, 11) is -4.43. The van der Waals surface area contributed by atoms with Crippen LogP contribution in [-0.4, -0.2) is 57.7 Å². The molecule has 0 saturated carbocycles. The molecular weight excluding hydrogens is 466 g/mol. The fraction of sp³-hybridized carbons (Fsp3) is 0.920. The monoisotopic (exact) mass is 519 g/mol. The second kappa shape index (κ2) is 11.4. The normalized spacial score (nSPS) is 17.5. The number of carbonyl (C=O) groups is 2. The Labute approximate surface area is 211 Å². The predicted molar refractivity (Wildman–Crippen MR) is 144 cm³/mol. The fourth-order valence-electron chi connectivity index (χ4n) is 2.96. The Kier molecular flexibility index (Phi) is 11.1. The van der Waals surface area contributed by atoms with Gasteiger partial charge in [0.2, 0.25) is 0 Å². The summed E-state index contributed by atoms with van der Waals surface area (Å²) in [6, 6.07) is -0.439. The average Bonchev–Trinajstić information content (AvgIpc) is 2.53. The van der Waals surface area contributed by atoms with E-state index in [0.717, 1.165) is 0 Å². The van der Waals surface area contributed by atoms with Crippen molar-refractivity contribution in [3.05, 3.63) is 0 Å². The molecule has 0 heterocycles. The molecule has 1 amide bonds. The molecule has 0 aliphatic rings. The van der Waals surface area contributed by atoms with E-state index in [9.17, 15) is 14.7 Å². The molecule has 0 rings (SSSR count). The molecule has 202 valence electrons. The van der Waals surface area contributed by atoms with E-state index in [0.29, 0.717) is 0 Å². The minimum Gasteiger partial charge on any atom is -0.481 e. The highest BCUT2D eigenvalue weighted by Gasteiger charge is 2.44. The van der Waals surface area contributed by atoms with Crippen molar-refractivity contribution in [1.82, 2.24) is 5.32 Å². The molecule has 0 bridgehead atoms. The Bertz CT molecular complexity index is 689. The van der Waals surface area contributed by atoms with Crippen LogP contribution in [0.4, 0.5) is 4.79 Å². The number of hydrogen-bond acceptors (Lipinski definition) is 5. The van der Waals surface area contributed by atoms with E-state index < -0.39 is 58.5 Å². The van der Waals surface area contributed by atoms with E-state index in [1.54, 1.807) is 20.8 Å². The van der Waals surface area contributed by atoms with Crippen molar-refractivity contribution in [2.45, 2.75) is 143 Å². The van der Waals surface area contributed by atoms with E-state index in [1.807, 2.05) is 13.8 Å². The first kappa shape index (κ1) is 33.1. The highest BCUT2D eigenvalue weighted by molar-refractivity contribution is 6.74. The van der Waals surface area contributed by atoms with Gasteiger partial charge < -0.3 is 24.0 Å². The number of nitrogens with one attached hydrogen (secondary N) is 1. The average molecular weight is 520 g/mol. The van der Waals surface area contributed by atoms with E-state index >= 15 is 0 Å². The van der Waals surface area contributed by atoms with Crippen molar-refractivity contribution in [1.29, 1.82) is 0 Å². The number of aliphatic carboxylic acids is 1. The van der Waals surface area contributed by atoms with Crippen LogP contribution in [0, 0.1) is 5.92 Å². The van der Waals surface area contributed by atoms with Crippen LogP contribution >= 0.6 is 0 Å². The van der Waals surface area contributed by atoms with Gasteiger partial charge in [0.15, 0.2) is 16.6 Å². The first-order valence-corrected chi connectivity index (χ1v) is 18.2. The zero-order valence-electron chi connectivity index (χ0n) is 24.5. The smallest absolute Gasteiger partial charge is 0.407 e. The third-order valence-electron chi connectivity index (χ3n) is 7.21. The van der Waals surface area contributed by atoms with Gasteiger partial charge in [0.25, 0.3) is 0 Å². The van der Waals surface area contributed by atoms with E-state index in [4.69, 9.17) is 13.6 Å². The maximum Gasteiger partial charge on any atom is 0.407 e. The zero-order valence-corrected chi connectivity index (χ0v) is 26.5. The second-order valence-corrected chi connectivity index (χ2v) is 23.1. The van der Waals surface area contributed by atoms with Gasteiger partial charge in [-0.05, 0) is 77.3 Å². The molecule has 34 heavy (non-hydrogen) atoms. The van der Waals surface area contributed by atoms with Gasteiger partial charge in [-0.15, -0.1) is 0 Å². The Balaban J connectivity index is 5.96. The predicted octanol–water partition coefficient (Wildman–Crippen LogP) is 6.79. The number of carboxylic acids is 1. The van der Waals surface area contributed by atoms with Gasteiger partial charge in [-0.1, -0.05) is 41.5 Å². The molecule has 9 heteroatoms. The summed E-state index contributed by atoms with van der Waals surface area (Å²) in [5.74, 6) is -1.69. The summed E-state index contributed by atoms with van der Waals surface area (Å²) >= 11 is 0. The molecular formula is C25H53NO6Si2. The van der Waals surface area contributed by atoms with Crippen molar-refractivity contribution in [2.24, 2.45) is 5.92 Å². The summed E-state index contributed by atoms with van der Waals surface area (Å²) in [5, 5.41) is 12.9. The van der Waals surface area contributed by atoms with Gasteiger partial charge in [-0.25, -0.2) is 4.79 Å². The quantitative estimate of drug-likeness (QED) is 0.309. The molecule has 0 unspecified atom stereocenters. The van der Waals surface area contributed by atoms with Crippen LogP contribution in [0.5, 0.6) is 0 Å². The fourth-order valence-corrected chi connectivity index (χ4v) is 5.82. The van der Waals surface area contributed by atoms with Crippen LogP contribution in [0.3, 0.4) is 0 Å². The number of carboxylic acid groups (broad SMARTS) is 1. The lowest BCUT2D eigenvalue weighted by molar-refractivity contribution is -0.146. The van der Waals surface area contributed by atoms with Crippen LogP contribution in [0.1, 0.15) is 82.6 Å².